The van der Waals surface area contributed by atoms with Crippen LogP contribution in [0.2, 0.25) is 0 Å². The summed E-state index contributed by atoms with van der Waals surface area (Å²) in [5.74, 6) is 1.34. The van der Waals surface area contributed by atoms with Gasteiger partial charge in [-0.1, -0.05) is 18.2 Å². The molecule has 0 radical (unpaired) electrons. The van der Waals surface area contributed by atoms with E-state index in [0.29, 0.717) is 17.9 Å². The minimum Gasteiger partial charge on any atom is -0.456 e. The van der Waals surface area contributed by atoms with Gasteiger partial charge in [-0.25, -0.2) is 0 Å². The highest BCUT2D eigenvalue weighted by atomic mass is 16.5. The fraction of sp³-hybridized carbons (Fsp3) is 0.188. The van der Waals surface area contributed by atoms with Gasteiger partial charge in [-0.15, -0.1) is 0 Å². The SMILES string of the molecule is Cc1ccc(C)c(Oc2ccc(CN)cc2C#N)c1. The number of ether oxygens (including phenoxy) is 1. The van der Waals surface area contributed by atoms with Crippen LogP contribution >= 0.6 is 0 Å². The average molecular weight is 252 g/mol. The second-order valence-corrected chi connectivity index (χ2v) is 4.52. The van der Waals surface area contributed by atoms with Crippen molar-refractivity contribution >= 4 is 0 Å². The molecule has 19 heavy (non-hydrogen) atoms. The predicted molar refractivity (Wildman–Crippen MR) is 75.0 cm³/mol. The number of rotatable bonds is 3. The van der Waals surface area contributed by atoms with Crippen LogP contribution < -0.4 is 10.5 Å². The molecule has 0 aliphatic heterocycles. The maximum atomic E-state index is 9.17. The molecule has 96 valence electrons. The molecular weight excluding hydrogens is 236 g/mol. The number of nitrogens with two attached hydrogens (primary N) is 1. The van der Waals surface area contributed by atoms with Gasteiger partial charge in [-0.3, -0.25) is 0 Å². The molecule has 2 rings (SSSR count). The summed E-state index contributed by atoms with van der Waals surface area (Å²) in [6, 6.07) is 13.6. The lowest BCUT2D eigenvalue weighted by molar-refractivity contribution is 0.476. The van der Waals surface area contributed by atoms with E-state index < -0.39 is 0 Å². The van der Waals surface area contributed by atoms with Crippen LogP contribution in [0.4, 0.5) is 0 Å². The highest BCUT2D eigenvalue weighted by Gasteiger charge is 2.07. The first-order valence-electron chi connectivity index (χ1n) is 6.12. The molecule has 0 fully saturated rings. The molecule has 0 aromatic heterocycles. The van der Waals surface area contributed by atoms with Gasteiger partial charge in [0, 0.05) is 6.54 Å². The minimum absolute atomic E-state index is 0.415. The van der Waals surface area contributed by atoms with Gasteiger partial charge in [-0.2, -0.15) is 5.26 Å². The van der Waals surface area contributed by atoms with Gasteiger partial charge in [0.15, 0.2) is 0 Å². The first-order valence-corrected chi connectivity index (χ1v) is 6.12. The zero-order valence-corrected chi connectivity index (χ0v) is 11.1. The fourth-order valence-electron chi connectivity index (χ4n) is 1.82. The average Bonchev–Trinajstić information content (AvgIpc) is 2.43. The Morgan fingerprint density at radius 2 is 1.89 bits per heavy atom. The van der Waals surface area contributed by atoms with Crippen molar-refractivity contribution in [2.45, 2.75) is 20.4 Å². The van der Waals surface area contributed by atoms with Crippen molar-refractivity contribution in [1.82, 2.24) is 0 Å². The number of benzene rings is 2. The zero-order chi connectivity index (χ0) is 13.8. The molecule has 2 aromatic carbocycles. The second-order valence-electron chi connectivity index (χ2n) is 4.52. The summed E-state index contributed by atoms with van der Waals surface area (Å²) in [6.45, 7) is 4.41. The smallest absolute Gasteiger partial charge is 0.145 e. The fourth-order valence-corrected chi connectivity index (χ4v) is 1.82. The summed E-state index contributed by atoms with van der Waals surface area (Å²) in [7, 11) is 0. The molecule has 0 aliphatic carbocycles. The molecule has 0 unspecified atom stereocenters. The lowest BCUT2D eigenvalue weighted by atomic mass is 10.1. The largest absolute Gasteiger partial charge is 0.456 e. The number of nitrogens with zero attached hydrogens (tertiary/aromatic N) is 1. The van der Waals surface area contributed by atoms with Crippen LogP contribution in [0.3, 0.4) is 0 Å². The minimum atomic E-state index is 0.415. The normalized spacial score (nSPS) is 10.0. The van der Waals surface area contributed by atoms with Crippen LogP contribution in [-0.2, 0) is 6.54 Å². The summed E-state index contributed by atoms with van der Waals surface area (Å²) in [5.41, 5.74) is 9.16. The molecule has 2 aromatic rings. The van der Waals surface area contributed by atoms with Gasteiger partial charge in [0.2, 0.25) is 0 Å². The Morgan fingerprint density at radius 3 is 2.58 bits per heavy atom. The van der Waals surface area contributed by atoms with Crippen LogP contribution in [0.5, 0.6) is 11.5 Å². The van der Waals surface area contributed by atoms with Crippen molar-refractivity contribution in [3.05, 3.63) is 58.7 Å². The van der Waals surface area contributed by atoms with Gasteiger partial charge in [0.1, 0.15) is 17.6 Å². The Morgan fingerprint density at radius 1 is 1.11 bits per heavy atom. The third kappa shape index (κ3) is 2.93. The van der Waals surface area contributed by atoms with E-state index in [0.717, 1.165) is 22.4 Å². The van der Waals surface area contributed by atoms with E-state index in [1.807, 2.05) is 38.1 Å². The number of hydrogen-bond donors (Lipinski definition) is 1. The molecule has 2 N–H and O–H groups in total. The molecule has 3 nitrogen and oxygen atoms in total. The summed E-state index contributed by atoms with van der Waals surface area (Å²) in [4.78, 5) is 0. The van der Waals surface area contributed by atoms with Gasteiger partial charge >= 0.3 is 0 Å². The van der Waals surface area contributed by atoms with E-state index in [-0.39, 0.29) is 0 Å². The molecule has 0 saturated heterocycles. The molecule has 0 amide bonds. The maximum Gasteiger partial charge on any atom is 0.145 e. The van der Waals surface area contributed by atoms with E-state index in [1.54, 1.807) is 12.1 Å². The molecule has 0 spiro atoms. The summed E-state index contributed by atoms with van der Waals surface area (Å²) < 4.78 is 5.85. The highest BCUT2D eigenvalue weighted by molar-refractivity contribution is 5.49. The summed E-state index contributed by atoms with van der Waals surface area (Å²) in [5, 5.41) is 9.17. The van der Waals surface area contributed by atoms with Crippen molar-refractivity contribution in [1.29, 1.82) is 5.26 Å². The Kier molecular flexibility index (Phi) is 3.84. The highest BCUT2D eigenvalue weighted by Crippen LogP contribution is 2.29. The van der Waals surface area contributed by atoms with Crippen molar-refractivity contribution in [3.8, 4) is 17.6 Å². The van der Waals surface area contributed by atoms with Gasteiger partial charge in [0.05, 0.1) is 5.56 Å². The number of nitriles is 1. The predicted octanol–water partition coefficient (Wildman–Crippen LogP) is 3.43. The second kappa shape index (κ2) is 5.55. The summed E-state index contributed by atoms with van der Waals surface area (Å²) in [6.07, 6.45) is 0. The molecule has 0 atom stereocenters. The van der Waals surface area contributed by atoms with Crippen molar-refractivity contribution < 1.29 is 4.74 Å². The molecule has 0 saturated carbocycles. The van der Waals surface area contributed by atoms with Crippen molar-refractivity contribution in [2.24, 2.45) is 5.73 Å². The molecular formula is C16H16N2O. The standard InChI is InChI=1S/C16H16N2O/c1-11-3-4-12(2)16(7-11)19-15-6-5-13(9-17)8-14(15)10-18/h3-8H,9,17H2,1-2H3. The number of hydrogen-bond acceptors (Lipinski definition) is 3. The third-order valence-electron chi connectivity index (χ3n) is 2.96. The van der Waals surface area contributed by atoms with Crippen LogP contribution in [0.15, 0.2) is 36.4 Å². The van der Waals surface area contributed by atoms with Gasteiger partial charge < -0.3 is 10.5 Å². The molecule has 3 heteroatoms. The van der Waals surface area contributed by atoms with Crippen LogP contribution in [0.1, 0.15) is 22.3 Å². The van der Waals surface area contributed by atoms with E-state index in [4.69, 9.17) is 15.7 Å². The van der Waals surface area contributed by atoms with Crippen molar-refractivity contribution in [2.75, 3.05) is 0 Å². The van der Waals surface area contributed by atoms with Gasteiger partial charge in [0.25, 0.3) is 0 Å². The van der Waals surface area contributed by atoms with Crippen LogP contribution in [-0.4, -0.2) is 0 Å². The third-order valence-corrected chi connectivity index (χ3v) is 2.96. The van der Waals surface area contributed by atoms with E-state index >= 15 is 0 Å². The topological polar surface area (TPSA) is 59.0 Å². The Labute approximate surface area is 113 Å². The Balaban J connectivity index is 2.38. The maximum absolute atomic E-state index is 9.17. The van der Waals surface area contributed by atoms with E-state index in [2.05, 4.69) is 6.07 Å². The Hall–Kier alpha value is -2.31. The first kappa shape index (κ1) is 13.1. The molecule has 0 heterocycles. The molecule has 0 bridgehead atoms. The van der Waals surface area contributed by atoms with Crippen LogP contribution in [0, 0.1) is 25.2 Å². The van der Waals surface area contributed by atoms with E-state index in [9.17, 15) is 0 Å². The van der Waals surface area contributed by atoms with Crippen molar-refractivity contribution in [3.63, 3.8) is 0 Å². The van der Waals surface area contributed by atoms with Gasteiger partial charge in [-0.05, 0) is 48.7 Å². The zero-order valence-electron chi connectivity index (χ0n) is 11.1. The van der Waals surface area contributed by atoms with Crippen LogP contribution in [0.25, 0.3) is 0 Å². The van der Waals surface area contributed by atoms with E-state index in [1.165, 1.54) is 0 Å². The lowest BCUT2D eigenvalue weighted by Crippen LogP contribution is -1.98. The summed E-state index contributed by atoms with van der Waals surface area (Å²) >= 11 is 0. The Bertz CT molecular complexity index is 642. The quantitative estimate of drug-likeness (QED) is 0.910. The molecule has 0 aliphatic rings. The first-order chi connectivity index (χ1) is 9.13. The number of aryl methyl sites for hydroxylation is 2. The monoisotopic (exact) mass is 252 g/mol. The lowest BCUT2D eigenvalue weighted by Gasteiger charge is -2.11.